The number of hydrogen-bond acceptors (Lipinski definition) is 2. The molecule has 3 rings (SSSR count). The molecule has 1 aliphatic heterocycles. The first-order valence-electron chi connectivity index (χ1n) is 10.1. The maximum Gasteiger partial charge on any atom is 0.255 e. The smallest absolute Gasteiger partial charge is 0.255 e. The van der Waals surface area contributed by atoms with E-state index in [9.17, 15) is 9.59 Å². The molecule has 0 spiro atoms. The number of rotatable bonds is 6. The summed E-state index contributed by atoms with van der Waals surface area (Å²) in [5.41, 5.74) is 1.86. The van der Waals surface area contributed by atoms with Gasteiger partial charge in [0.15, 0.2) is 0 Å². The number of aryl methyl sites for hydroxylation is 1. The molecule has 0 saturated carbocycles. The van der Waals surface area contributed by atoms with Crippen LogP contribution in [-0.4, -0.2) is 28.8 Å². The largest absolute Gasteiger partial charge is 0.354 e. The summed E-state index contributed by atoms with van der Waals surface area (Å²) in [5, 5.41) is 3.08. The molecule has 28 heavy (non-hydrogen) atoms. The van der Waals surface area contributed by atoms with Gasteiger partial charge in [-0.25, -0.2) is 0 Å². The number of amides is 2. The average molecular weight is 379 g/mol. The lowest BCUT2D eigenvalue weighted by molar-refractivity contribution is -0.132. The summed E-state index contributed by atoms with van der Waals surface area (Å²) in [6.07, 6.45) is 2.24. The third kappa shape index (κ3) is 4.27. The summed E-state index contributed by atoms with van der Waals surface area (Å²) in [6, 6.07) is 17.6. The van der Waals surface area contributed by atoms with Gasteiger partial charge in [0.05, 0.1) is 0 Å². The van der Waals surface area contributed by atoms with E-state index in [2.05, 4.69) is 19.2 Å². The summed E-state index contributed by atoms with van der Waals surface area (Å²) >= 11 is 0. The van der Waals surface area contributed by atoms with Crippen LogP contribution in [0.25, 0.3) is 0 Å². The van der Waals surface area contributed by atoms with E-state index in [4.69, 9.17) is 0 Å². The molecule has 1 heterocycles. The van der Waals surface area contributed by atoms with Crippen molar-refractivity contribution in [3.8, 4) is 0 Å². The summed E-state index contributed by atoms with van der Waals surface area (Å²) in [5.74, 6) is 0.386. The molecule has 0 bridgehead atoms. The topological polar surface area (TPSA) is 49.4 Å². The highest BCUT2D eigenvalue weighted by atomic mass is 16.2. The molecular formula is C24H30N2O2. The third-order valence-corrected chi connectivity index (χ3v) is 5.65. The molecule has 0 saturated heterocycles. The Hall–Kier alpha value is -2.62. The Morgan fingerprint density at radius 1 is 1.11 bits per heavy atom. The highest BCUT2D eigenvalue weighted by Crippen LogP contribution is 2.32. The van der Waals surface area contributed by atoms with E-state index in [0.717, 1.165) is 17.5 Å². The minimum atomic E-state index is -0.886. The standard InChI is InChI=1S/C24H30N2O2/c1-18(2)14-16-25-23(28)24(3)15-13-20-11-7-8-12-21(20)22(27)26(24)17-19-9-5-4-6-10-19/h4-12,18H,13-17H2,1-3H3,(H,25,28)/t24-/m0/s1. The van der Waals surface area contributed by atoms with Gasteiger partial charge in [-0.2, -0.15) is 0 Å². The maximum absolute atomic E-state index is 13.5. The lowest BCUT2D eigenvalue weighted by Crippen LogP contribution is -2.58. The van der Waals surface area contributed by atoms with Gasteiger partial charge in [0.25, 0.3) is 5.91 Å². The molecule has 2 aromatic rings. The van der Waals surface area contributed by atoms with Crippen LogP contribution in [0.2, 0.25) is 0 Å². The Balaban J connectivity index is 1.93. The molecule has 0 unspecified atom stereocenters. The third-order valence-electron chi connectivity index (χ3n) is 5.65. The molecule has 4 heteroatoms. The van der Waals surface area contributed by atoms with Gasteiger partial charge in [0.2, 0.25) is 5.91 Å². The normalized spacial score (nSPS) is 19.3. The van der Waals surface area contributed by atoms with Gasteiger partial charge >= 0.3 is 0 Å². The Bertz CT molecular complexity index is 832. The van der Waals surface area contributed by atoms with Crippen LogP contribution in [0.15, 0.2) is 54.6 Å². The molecule has 2 aromatic carbocycles. The van der Waals surface area contributed by atoms with Gasteiger partial charge in [-0.05, 0) is 49.3 Å². The number of carbonyl (C=O) groups is 2. The van der Waals surface area contributed by atoms with Crippen molar-refractivity contribution >= 4 is 11.8 Å². The summed E-state index contributed by atoms with van der Waals surface area (Å²) < 4.78 is 0. The Morgan fingerprint density at radius 3 is 2.50 bits per heavy atom. The molecule has 0 aromatic heterocycles. The first kappa shape index (κ1) is 20.1. The first-order valence-corrected chi connectivity index (χ1v) is 10.1. The van der Waals surface area contributed by atoms with E-state index < -0.39 is 5.54 Å². The summed E-state index contributed by atoms with van der Waals surface area (Å²) in [7, 11) is 0. The predicted molar refractivity (Wildman–Crippen MR) is 112 cm³/mol. The van der Waals surface area contributed by atoms with Gasteiger partial charge in [0.1, 0.15) is 5.54 Å². The van der Waals surface area contributed by atoms with Crippen molar-refractivity contribution < 1.29 is 9.59 Å². The summed E-state index contributed by atoms with van der Waals surface area (Å²) in [4.78, 5) is 28.5. The fourth-order valence-electron chi connectivity index (χ4n) is 3.74. The first-order chi connectivity index (χ1) is 13.4. The Labute approximate surface area is 167 Å². The molecule has 1 N–H and O–H groups in total. The second-order valence-electron chi connectivity index (χ2n) is 8.25. The molecule has 148 valence electrons. The number of nitrogens with one attached hydrogen (secondary N) is 1. The van der Waals surface area contributed by atoms with E-state index >= 15 is 0 Å². The minimum Gasteiger partial charge on any atom is -0.354 e. The van der Waals surface area contributed by atoms with Crippen molar-refractivity contribution in [1.29, 1.82) is 0 Å². The van der Waals surface area contributed by atoms with Gasteiger partial charge in [0, 0.05) is 18.7 Å². The maximum atomic E-state index is 13.5. The Kier molecular flexibility index (Phi) is 6.18. The fourth-order valence-corrected chi connectivity index (χ4v) is 3.74. The number of nitrogens with zero attached hydrogens (tertiary/aromatic N) is 1. The highest BCUT2D eigenvalue weighted by molar-refractivity contribution is 6.00. The zero-order valence-corrected chi connectivity index (χ0v) is 17.1. The molecule has 4 nitrogen and oxygen atoms in total. The molecule has 1 aliphatic rings. The van der Waals surface area contributed by atoms with Gasteiger partial charge in [-0.3, -0.25) is 9.59 Å². The minimum absolute atomic E-state index is 0.0646. The second kappa shape index (κ2) is 8.59. The van der Waals surface area contributed by atoms with Gasteiger partial charge < -0.3 is 10.2 Å². The van der Waals surface area contributed by atoms with Crippen LogP contribution < -0.4 is 5.32 Å². The van der Waals surface area contributed by atoms with Crippen molar-refractivity contribution in [2.24, 2.45) is 5.92 Å². The van der Waals surface area contributed by atoms with Gasteiger partial charge in [-0.15, -0.1) is 0 Å². The quantitative estimate of drug-likeness (QED) is 0.819. The zero-order chi connectivity index (χ0) is 20.1. The van der Waals surface area contributed by atoms with Crippen molar-refractivity contribution in [3.05, 3.63) is 71.3 Å². The molecular weight excluding hydrogens is 348 g/mol. The predicted octanol–water partition coefficient (Wildman–Crippen LogP) is 4.20. The van der Waals surface area contributed by atoms with E-state index in [1.807, 2.05) is 61.5 Å². The van der Waals surface area contributed by atoms with Gasteiger partial charge in [-0.1, -0.05) is 62.4 Å². The molecule has 0 aliphatic carbocycles. The van der Waals surface area contributed by atoms with Crippen molar-refractivity contribution in [1.82, 2.24) is 10.2 Å². The lowest BCUT2D eigenvalue weighted by Gasteiger charge is -2.39. The van der Waals surface area contributed by atoms with Crippen LogP contribution >= 0.6 is 0 Å². The van der Waals surface area contributed by atoms with E-state index in [-0.39, 0.29) is 11.8 Å². The lowest BCUT2D eigenvalue weighted by atomic mass is 9.91. The molecule has 0 radical (unpaired) electrons. The van der Waals surface area contributed by atoms with Crippen molar-refractivity contribution in [2.45, 2.75) is 52.1 Å². The SMILES string of the molecule is CC(C)CCNC(=O)[C@]1(C)CCc2ccccc2C(=O)N1Cc1ccccc1. The van der Waals surface area contributed by atoms with Crippen LogP contribution in [-0.2, 0) is 17.8 Å². The van der Waals surface area contributed by atoms with Crippen LogP contribution in [0.1, 0.15) is 55.1 Å². The van der Waals surface area contributed by atoms with E-state index in [1.54, 1.807) is 4.90 Å². The molecule has 2 amide bonds. The number of carbonyl (C=O) groups excluding carboxylic acids is 2. The van der Waals surface area contributed by atoms with Crippen molar-refractivity contribution in [3.63, 3.8) is 0 Å². The number of hydrogen-bond donors (Lipinski definition) is 1. The molecule has 0 fully saturated rings. The van der Waals surface area contributed by atoms with Crippen LogP contribution in [0.5, 0.6) is 0 Å². The monoisotopic (exact) mass is 378 g/mol. The Morgan fingerprint density at radius 2 is 1.79 bits per heavy atom. The van der Waals surface area contributed by atoms with Crippen LogP contribution in [0.3, 0.4) is 0 Å². The van der Waals surface area contributed by atoms with E-state index in [1.165, 1.54) is 0 Å². The fraction of sp³-hybridized carbons (Fsp3) is 0.417. The highest BCUT2D eigenvalue weighted by Gasteiger charge is 2.44. The van der Waals surface area contributed by atoms with Crippen molar-refractivity contribution in [2.75, 3.05) is 6.54 Å². The number of benzene rings is 2. The summed E-state index contributed by atoms with van der Waals surface area (Å²) in [6.45, 7) is 7.24. The number of fused-ring (bicyclic) bond motifs is 1. The van der Waals surface area contributed by atoms with Crippen LogP contribution in [0, 0.1) is 5.92 Å². The van der Waals surface area contributed by atoms with Crippen LogP contribution in [0.4, 0.5) is 0 Å². The average Bonchev–Trinajstić information content (AvgIpc) is 2.80. The zero-order valence-electron chi connectivity index (χ0n) is 17.1. The second-order valence-corrected chi connectivity index (χ2v) is 8.25. The molecule has 1 atom stereocenters. The van der Waals surface area contributed by atoms with E-state index in [0.29, 0.717) is 37.4 Å².